The molecule has 0 saturated heterocycles. The molecule has 5 heteroatoms. The van der Waals surface area contributed by atoms with Gasteiger partial charge in [-0.2, -0.15) is 4.98 Å². The first-order chi connectivity index (χ1) is 9.65. The molecule has 0 aromatic carbocycles. The minimum absolute atomic E-state index is 0.587. The number of aromatic nitrogens is 3. The summed E-state index contributed by atoms with van der Waals surface area (Å²) in [5.41, 5.74) is 1.74. The first-order valence-corrected chi connectivity index (χ1v) is 6.80. The van der Waals surface area contributed by atoms with E-state index in [1.54, 1.807) is 6.20 Å². The SMILES string of the molecule is CCCc1nc(NC)c(C)c(Oc2cccnc2C)n1. The van der Waals surface area contributed by atoms with Gasteiger partial charge in [-0.05, 0) is 32.4 Å². The minimum atomic E-state index is 0.587. The van der Waals surface area contributed by atoms with Crippen LogP contribution >= 0.6 is 0 Å². The van der Waals surface area contributed by atoms with Crippen molar-refractivity contribution in [3.8, 4) is 11.6 Å². The van der Waals surface area contributed by atoms with E-state index in [1.807, 2.05) is 33.0 Å². The van der Waals surface area contributed by atoms with E-state index >= 15 is 0 Å². The van der Waals surface area contributed by atoms with Crippen LogP contribution in [-0.2, 0) is 6.42 Å². The Balaban J connectivity index is 2.39. The van der Waals surface area contributed by atoms with E-state index in [9.17, 15) is 0 Å². The van der Waals surface area contributed by atoms with Gasteiger partial charge in [-0.15, -0.1) is 0 Å². The van der Waals surface area contributed by atoms with Crippen molar-refractivity contribution >= 4 is 5.82 Å². The summed E-state index contributed by atoms with van der Waals surface area (Å²) in [5.74, 6) is 2.90. The van der Waals surface area contributed by atoms with Crippen LogP contribution in [0, 0.1) is 13.8 Å². The summed E-state index contributed by atoms with van der Waals surface area (Å²) in [6, 6.07) is 3.74. The van der Waals surface area contributed by atoms with E-state index in [2.05, 4.69) is 27.2 Å². The van der Waals surface area contributed by atoms with E-state index in [0.29, 0.717) is 5.88 Å². The second kappa shape index (κ2) is 6.32. The molecule has 0 spiro atoms. The molecule has 2 aromatic heterocycles. The molecular formula is C15H20N4O. The van der Waals surface area contributed by atoms with Gasteiger partial charge in [-0.3, -0.25) is 4.98 Å². The Kier molecular flexibility index (Phi) is 4.50. The maximum Gasteiger partial charge on any atom is 0.227 e. The van der Waals surface area contributed by atoms with Crippen LogP contribution in [0.1, 0.15) is 30.4 Å². The van der Waals surface area contributed by atoms with Gasteiger partial charge in [0.25, 0.3) is 0 Å². The molecule has 0 radical (unpaired) electrons. The van der Waals surface area contributed by atoms with Gasteiger partial charge in [0.15, 0.2) is 5.75 Å². The van der Waals surface area contributed by atoms with E-state index in [-0.39, 0.29) is 0 Å². The highest BCUT2D eigenvalue weighted by Gasteiger charge is 2.12. The van der Waals surface area contributed by atoms with Gasteiger partial charge in [-0.1, -0.05) is 6.92 Å². The Morgan fingerprint density at radius 1 is 1.25 bits per heavy atom. The van der Waals surface area contributed by atoms with Gasteiger partial charge in [-0.25, -0.2) is 4.98 Å². The first-order valence-electron chi connectivity index (χ1n) is 6.80. The van der Waals surface area contributed by atoms with Crippen molar-refractivity contribution in [2.75, 3.05) is 12.4 Å². The molecule has 0 unspecified atom stereocenters. The molecule has 2 aromatic rings. The highest BCUT2D eigenvalue weighted by molar-refractivity contribution is 5.49. The van der Waals surface area contributed by atoms with Gasteiger partial charge in [0.1, 0.15) is 11.6 Å². The van der Waals surface area contributed by atoms with E-state index in [1.165, 1.54) is 0 Å². The molecule has 2 rings (SSSR count). The van der Waals surface area contributed by atoms with Crippen molar-refractivity contribution in [1.29, 1.82) is 0 Å². The topological polar surface area (TPSA) is 59.9 Å². The maximum absolute atomic E-state index is 5.92. The first kappa shape index (κ1) is 14.2. The molecule has 0 aliphatic heterocycles. The van der Waals surface area contributed by atoms with E-state index < -0.39 is 0 Å². The summed E-state index contributed by atoms with van der Waals surface area (Å²) in [6.07, 6.45) is 3.57. The summed E-state index contributed by atoms with van der Waals surface area (Å²) >= 11 is 0. The summed E-state index contributed by atoms with van der Waals surface area (Å²) < 4.78 is 5.92. The number of rotatable bonds is 5. The lowest BCUT2D eigenvalue weighted by molar-refractivity contribution is 0.448. The minimum Gasteiger partial charge on any atom is -0.437 e. The number of pyridine rings is 1. The predicted octanol–water partition coefficient (Wildman–Crippen LogP) is 3.27. The second-order valence-corrected chi connectivity index (χ2v) is 4.61. The van der Waals surface area contributed by atoms with Gasteiger partial charge >= 0.3 is 0 Å². The number of nitrogens with zero attached hydrogens (tertiary/aromatic N) is 3. The molecule has 0 aliphatic rings. The molecule has 1 N–H and O–H groups in total. The Labute approximate surface area is 119 Å². The number of ether oxygens (including phenoxy) is 1. The van der Waals surface area contributed by atoms with Gasteiger partial charge < -0.3 is 10.1 Å². The Bertz CT molecular complexity index is 598. The van der Waals surface area contributed by atoms with Crippen molar-refractivity contribution in [2.24, 2.45) is 0 Å². The molecule has 0 bridgehead atoms. The van der Waals surface area contributed by atoms with Gasteiger partial charge in [0.05, 0.1) is 11.3 Å². The molecule has 0 aliphatic carbocycles. The predicted molar refractivity (Wildman–Crippen MR) is 79.4 cm³/mol. The van der Waals surface area contributed by atoms with E-state index in [0.717, 1.165) is 41.5 Å². The van der Waals surface area contributed by atoms with Crippen LogP contribution in [-0.4, -0.2) is 22.0 Å². The molecule has 0 atom stereocenters. The van der Waals surface area contributed by atoms with Crippen molar-refractivity contribution in [3.63, 3.8) is 0 Å². The van der Waals surface area contributed by atoms with Crippen LogP contribution in [0.3, 0.4) is 0 Å². The quantitative estimate of drug-likeness (QED) is 0.905. The van der Waals surface area contributed by atoms with Crippen LogP contribution in [0.25, 0.3) is 0 Å². The van der Waals surface area contributed by atoms with Crippen molar-refractivity contribution < 1.29 is 4.74 Å². The third-order valence-corrected chi connectivity index (χ3v) is 3.02. The Morgan fingerprint density at radius 2 is 2.05 bits per heavy atom. The molecule has 106 valence electrons. The number of hydrogen-bond donors (Lipinski definition) is 1. The van der Waals surface area contributed by atoms with Crippen LogP contribution in [0.15, 0.2) is 18.3 Å². The van der Waals surface area contributed by atoms with Crippen molar-refractivity contribution in [2.45, 2.75) is 33.6 Å². The lowest BCUT2D eigenvalue weighted by Crippen LogP contribution is -2.05. The highest BCUT2D eigenvalue weighted by Crippen LogP contribution is 2.28. The molecule has 2 heterocycles. The Hall–Kier alpha value is -2.17. The van der Waals surface area contributed by atoms with Crippen LogP contribution in [0.4, 0.5) is 5.82 Å². The molecule has 0 amide bonds. The number of anilines is 1. The zero-order valence-electron chi connectivity index (χ0n) is 12.4. The summed E-state index contributed by atoms with van der Waals surface area (Å²) in [7, 11) is 1.85. The van der Waals surface area contributed by atoms with Gasteiger partial charge in [0.2, 0.25) is 5.88 Å². The third-order valence-electron chi connectivity index (χ3n) is 3.02. The number of aryl methyl sites for hydroxylation is 2. The van der Waals surface area contributed by atoms with Crippen LogP contribution in [0.5, 0.6) is 11.6 Å². The highest BCUT2D eigenvalue weighted by atomic mass is 16.5. The molecular weight excluding hydrogens is 252 g/mol. The fourth-order valence-electron chi connectivity index (χ4n) is 1.90. The molecule has 0 saturated carbocycles. The number of nitrogens with one attached hydrogen (secondary N) is 1. The molecule has 20 heavy (non-hydrogen) atoms. The zero-order chi connectivity index (χ0) is 14.5. The second-order valence-electron chi connectivity index (χ2n) is 4.61. The fraction of sp³-hybridized carbons (Fsp3) is 0.400. The summed E-state index contributed by atoms with van der Waals surface area (Å²) in [4.78, 5) is 13.2. The van der Waals surface area contributed by atoms with Crippen LogP contribution < -0.4 is 10.1 Å². The third kappa shape index (κ3) is 3.04. The van der Waals surface area contributed by atoms with Crippen LogP contribution in [0.2, 0.25) is 0 Å². The maximum atomic E-state index is 5.92. The standard InChI is InChI=1S/C15H20N4O/c1-5-7-13-18-14(16-4)10(2)15(19-13)20-12-8-6-9-17-11(12)3/h6,8-9H,5,7H2,1-4H3,(H,16,18,19). The lowest BCUT2D eigenvalue weighted by Gasteiger charge is -2.13. The molecule has 5 nitrogen and oxygen atoms in total. The zero-order valence-corrected chi connectivity index (χ0v) is 12.4. The Morgan fingerprint density at radius 3 is 2.70 bits per heavy atom. The number of hydrogen-bond acceptors (Lipinski definition) is 5. The average Bonchev–Trinajstić information content (AvgIpc) is 2.45. The van der Waals surface area contributed by atoms with Crippen molar-refractivity contribution in [3.05, 3.63) is 35.4 Å². The summed E-state index contributed by atoms with van der Waals surface area (Å²) in [6.45, 7) is 5.97. The lowest BCUT2D eigenvalue weighted by atomic mass is 10.2. The normalized spacial score (nSPS) is 10.4. The molecule has 0 fully saturated rings. The fourth-order valence-corrected chi connectivity index (χ4v) is 1.90. The smallest absolute Gasteiger partial charge is 0.227 e. The van der Waals surface area contributed by atoms with Gasteiger partial charge in [0, 0.05) is 19.7 Å². The van der Waals surface area contributed by atoms with E-state index in [4.69, 9.17) is 4.74 Å². The monoisotopic (exact) mass is 272 g/mol. The largest absolute Gasteiger partial charge is 0.437 e. The summed E-state index contributed by atoms with van der Waals surface area (Å²) in [5, 5.41) is 3.09. The van der Waals surface area contributed by atoms with Crippen molar-refractivity contribution in [1.82, 2.24) is 15.0 Å². The average molecular weight is 272 g/mol.